The Hall–Kier alpha value is -4.48. The predicted molar refractivity (Wildman–Crippen MR) is 168 cm³/mol. The number of nitrogens with one attached hydrogen (secondary N) is 2. The zero-order chi connectivity index (χ0) is 31.1. The topological polar surface area (TPSA) is 90.3 Å². The van der Waals surface area contributed by atoms with Gasteiger partial charge in [0.2, 0.25) is 5.91 Å². The maximum absolute atomic E-state index is 14.3. The average Bonchev–Trinajstić information content (AvgIpc) is 3.40. The lowest BCUT2D eigenvalue weighted by molar-refractivity contribution is -0.120. The highest BCUT2D eigenvalue weighted by Crippen LogP contribution is 2.32. The van der Waals surface area contributed by atoms with Crippen molar-refractivity contribution in [3.05, 3.63) is 97.1 Å². The van der Waals surface area contributed by atoms with Crippen LogP contribution < -0.4 is 20.1 Å². The lowest BCUT2D eigenvalue weighted by Crippen LogP contribution is -2.25. The number of nitrogens with zero attached hydrogens (tertiary/aromatic N) is 3. The van der Waals surface area contributed by atoms with Crippen LogP contribution in [0.1, 0.15) is 18.9 Å². The molecule has 2 aromatic heterocycles. The lowest BCUT2D eigenvalue weighted by Gasteiger charge is -2.13. The second-order valence-electron chi connectivity index (χ2n) is 8.50. The van der Waals surface area contributed by atoms with Crippen LogP contribution in [0.4, 0.5) is 8.78 Å². The van der Waals surface area contributed by atoms with Gasteiger partial charge < -0.3 is 20.1 Å². The molecular weight excluding hydrogens is 560 g/mol. The Bertz CT molecular complexity index is 1570. The molecule has 4 aromatic rings. The molecule has 0 saturated heterocycles. The van der Waals surface area contributed by atoms with Crippen LogP contribution in [0.25, 0.3) is 21.8 Å². The highest BCUT2D eigenvalue weighted by Gasteiger charge is 2.12. The molecule has 4 rings (SSSR count). The van der Waals surface area contributed by atoms with E-state index in [2.05, 4.69) is 46.1 Å². The molecule has 0 saturated carbocycles. The number of aromatic nitrogens is 3. The number of carbonyl (C=O) groups excluding carboxylic acids is 1. The monoisotopic (exact) mass is 595 g/mol. The Morgan fingerprint density at radius 1 is 1.17 bits per heavy atom. The molecule has 11 heteroatoms. The molecule has 2 N–H and O–H groups in total. The fraction of sp³-hybridized carbons (Fsp3) is 0.226. The number of carbonyl (C=O) groups is 1. The molecule has 0 aliphatic rings. The van der Waals surface area contributed by atoms with Crippen LogP contribution in [0.2, 0.25) is 0 Å². The molecule has 0 radical (unpaired) electrons. The number of hydrogen-bond acceptors (Lipinski definition) is 7. The Labute approximate surface area is 249 Å². The van der Waals surface area contributed by atoms with Crippen molar-refractivity contribution in [1.29, 1.82) is 0 Å². The van der Waals surface area contributed by atoms with Crippen molar-refractivity contribution in [2.75, 3.05) is 20.7 Å². The fourth-order valence-corrected chi connectivity index (χ4v) is 3.92. The van der Waals surface area contributed by atoms with E-state index < -0.39 is 5.83 Å². The van der Waals surface area contributed by atoms with Gasteiger partial charge in [-0.25, -0.2) is 8.78 Å². The predicted octanol–water partition coefficient (Wildman–Crippen LogP) is 6.35. The summed E-state index contributed by atoms with van der Waals surface area (Å²) in [5.74, 6) is 0.469. The van der Waals surface area contributed by atoms with E-state index in [0.29, 0.717) is 29.6 Å². The first-order valence-electron chi connectivity index (χ1n) is 13.0. The molecule has 2 heterocycles. The number of pyridine rings is 1. The molecule has 1 amide bonds. The molecule has 0 aliphatic heterocycles. The number of methoxy groups -OCH3 is 1. The maximum atomic E-state index is 14.3. The summed E-state index contributed by atoms with van der Waals surface area (Å²) in [4.78, 5) is 15.6. The molecule has 0 spiro atoms. The number of likely N-dealkylation sites (N-methyl/N-ethyl adjacent to an activating group) is 1. The summed E-state index contributed by atoms with van der Waals surface area (Å²) >= 11 is 4.49. The van der Waals surface area contributed by atoms with Gasteiger partial charge in [-0.2, -0.15) is 5.10 Å². The van der Waals surface area contributed by atoms with E-state index in [-0.39, 0.29) is 24.0 Å². The van der Waals surface area contributed by atoms with E-state index >= 15 is 0 Å². The lowest BCUT2D eigenvalue weighted by atomic mass is 10.1. The zero-order valence-corrected chi connectivity index (χ0v) is 24.9. The molecule has 0 fully saturated rings. The molecule has 222 valence electrons. The summed E-state index contributed by atoms with van der Waals surface area (Å²) < 4.78 is 40.3. The van der Waals surface area contributed by atoms with Crippen LogP contribution in [0.15, 0.2) is 85.7 Å². The van der Waals surface area contributed by atoms with Crippen LogP contribution in [0.5, 0.6) is 11.5 Å². The van der Waals surface area contributed by atoms with E-state index in [1.165, 1.54) is 23.0 Å². The van der Waals surface area contributed by atoms with Crippen molar-refractivity contribution in [2.45, 2.75) is 26.8 Å². The van der Waals surface area contributed by atoms with Crippen LogP contribution in [0, 0.1) is 12.7 Å². The highest BCUT2D eigenvalue weighted by molar-refractivity contribution is 7.78. The summed E-state index contributed by atoms with van der Waals surface area (Å²) in [6.07, 6.45) is 6.90. The highest BCUT2D eigenvalue weighted by atomic mass is 32.1. The Morgan fingerprint density at radius 2 is 1.93 bits per heavy atom. The molecular formula is C31H35F2N5O3S. The summed E-state index contributed by atoms with van der Waals surface area (Å²) in [5, 5.41) is 10.4. The van der Waals surface area contributed by atoms with Gasteiger partial charge in [0.15, 0.2) is 11.6 Å². The normalized spacial score (nSPS) is 11.2. The number of thiocarbonyl (C=S) groups is 1. The van der Waals surface area contributed by atoms with Crippen molar-refractivity contribution in [3.63, 3.8) is 0 Å². The smallest absolute Gasteiger partial charge is 0.246 e. The minimum atomic E-state index is -0.393. The van der Waals surface area contributed by atoms with Gasteiger partial charge in [-0.3, -0.25) is 14.5 Å². The van der Waals surface area contributed by atoms with Gasteiger partial charge >= 0.3 is 0 Å². The van der Waals surface area contributed by atoms with Gasteiger partial charge in [0.05, 0.1) is 35.2 Å². The molecule has 0 atom stereocenters. The number of aryl methyl sites for hydroxylation is 1. The molecule has 0 bridgehead atoms. The average molecular weight is 596 g/mol. The number of allylic oxidation sites excluding steroid dienone is 2. The first kappa shape index (κ1) is 33.7. The second-order valence-corrected chi connectivity index (χ2v) is 8.73. The molecule has 0 unspecified atom stereocenters. The summed E-state index contributed by atoms with van der Waals surface area (Å²) in [6, 6.07) is 10.2. The number of hydrogen-bond donors (Lipinski definition) is 2. The van der Waals surface area contributed by atoms with Crippen LogP contribution >= 0.6 is 12.2 Å². The second kappa shape index (κ2) is 17.4. The summed E-state index contributed by atoms with van der Waals surface area (Å²) in [5.41, 5.74) is 3.48. The van der Waals surface area contributed by atoms with Crippen molar-refractivity contribution >= 4 is 45.4 Å². The zero-order valence-electron chi connectivity index (χ0n) is 24.1. The third kappa shape index (κ3) is 9.02. The van der Waals surface area contributed by atoms with E-state index in [9.17, 15) is 13.6 Å². The van der Waals surface area contributed by atoms with Crippen molar-refractivity contribution in [1.82, 2.24) is 25.4 Å². The quantitative estimate of drug-likeness (QED) is 0.0956. The molecule has 8 nitrogen and oxygen atoms in total. The van der Waals surface area contributed by atoms with Gasteiger partial charge in [-0.05, 0) is 68.4 Å². The minimum absolute atomic E-state index is 0.0140. The summed E-state index contributed by atoms with van der Waals surface area (Å²) in [7, 11) is 3.38. The van der Waals surface area contributed by atoms with Crippen molar-refractivity contribution < 1.29 is 23.0 Å². The number of rotatable bonds is 10. The Kier molecular flexibility index (Phi) is 13.9. The van der Waals surface area contributed by atoms with Crippen LogP contribution in [0.3, 0.4) is 0 Å². The van der Waals surface area contributed by atoms with Crippen molar-refractivity contribution in [3.8, 4) is 11.5 Å². The minimum Gasteiger partial charge on any atom is -0.496 e. The van der Waals surface area contributed by atoms with Gasteiger partial charge in [0.25, 0.3) is 0 Å². The van der Waals surface area contributed by atoms with E-state index in [1.54, 1.807) is 44.6 Å². The van der Waals surface area contributed by atoms with Crippen molar-refractivity contribution in [2.24, 2.45) is 0 Å². The SMILES string of the molecule is C=C.CC/C=C(Oc1ccnc2cc(C)c(OC)cc12)\C(F)=C/CNC.O=C(Cn1ncc2c(F)cccc21)NC=S. The van der Waals surface area contributed by atoms with Gasteiger partial charge in [0.1, 0.15) is 23.9 Å². The van der Waals surface area contributed by atoms with Gasteiger partial charge in [-0.15, -0.1) is 13.2 Å². The first-order chi connectivity index (χ1) is 20.3. The van der Waals surface area contributed by atoms with E-state index in [4.69, 9.17) is 9.47 Å². The number of amides is 1. The Balaban J connectivity index is 0.000000296. The molecule has 2 aromatic carbocycles. The molecule has 42 heavy (non-hydrogen) atoms. The number of benzene rings is 2. The number of ether oxygens (including phenoxy) is 2. The molecule has 0 aliphatic carbocycles. The number of fused-ring (bicyclic) bond motifs is 2. The number of halogens is 2. The summed E-state index contributed by atoms with van der Waals surface area (Å²) in [6.45, 7) is 10.3. The first-order valence-corrected chi connectivity index (χ1v) is 13.4. The van der Waals surface area contributed by atoms with E-state index in [0.717, 1.165) is 27.7 Å². The standard InChI is InChI=1S/C19H23FN2O2.C10H8FN3OS.C2H4/c1-5-6-18(15(20)7-9-21-3)24-17-8-10-22-16-11-13(2)19(23-4)12-14(16)17;11-8-2-1-3-9-7(8)4-13-14(9)5-10(15)12-6-16;1-2/h6-8,10-12,21H,5,9H2,1-4H3;1-4,6H,5H2,(H,12,15,16);1-2H2/b15-7+,18-6+;;. The van der Waals surface area contributed by atoms with Gasteiger partial charge in [-0.1, -0.05) is 25.2 Å². The van der Waals surface area contributed by atoms with E-state index in [1.807, 2.05) is 26.0 Å². The van der Waals surface area contributed by atoms with Crippen LogP contribution in [-0.4, -0.2) is 46.9 Å². The largest absolute Gasteiger partial charge is 0.496 e. The Morgan fingerprint density at radius 3 is 2.60 bits per heavy atom. The fourth-order valence-electron chi connectivity index (χ4n) is 3.79. The van der Waals surface area contributed by atoms with Crippen LogP contribution in [-0.2, 0) is 11.3 Å². The van der Waals surface area contributed by atoms with Gasteiger partial charge in [0, 0.05) is 18.1 Å². The third-order valence-corrected chi connectivity index (χ3v) is 5.81. The third-order valence-electron chi connectivity index (χ3n) is 5.70. The maximum Gasteiger partial charge on any atom is 0.246 e.